The molecule has 1 aliphatic rings. The molecule has 2 aromatic rings. The van der Waals surface area contributed by atoms with Crippen LogP contribution in [-0.2, 0) is 11.2 Å². The Kier molecular flexibility index (Phi) is 4.55. The highest BCUT2D eigenvalue weighted by Crippen LogP contribution is 2.31. The second-order valence-corrected chi connectivity index (χ2v) is 5.97. The fourth-order valence-electron chi connectivity index (χ4n) is 2.38. The Morgan fingerprint density at radius 3 is 2.83 bits per heavy atom. The van der Waals surface area contributed by atoms with Crippen LogP contribution in [0.25, 0.3) is 0 Å². The van der Waals surface area contributed by atoms with Crippen LogP contribution in [0.4, 0.5) is 5.69 Å². The van der Waals surface area contributed by atoms with Crippen molar-refractivity contribution in [3.8, 4) is 5.75 Å². The molecule has 0 fully saturated rings. The Labute approximate surface area is 143 Å². The van der Waals surface area contributed by atoms with Crippen molar-refractivity contribution in [3.05, 3.63) is 57.6 Å². The second kappa shape index (κ2) is 6.60. The molecule has 0 atom stereocenters. The topological polar surface area (TPSA) is 55.4 Å². The first-order valence-electron chi connectivity index (χ1n) is 7.07. The molecule has 4 nitrogen and oxygen atoms in total. The molecule has 1 heterocycles. The van der Waals surface area contributed by atoms with Gasteiger partial charge in [0.15, 0.2) is 12.4 Å². The van der Waals surface area contributed by atoms with E-state index in [1.807, 2.05) is 0 Å². The molecule has 0 radical (unpaired) electrons. The summed E-state index contributed by atoms with van der Waals surface area (Å²) in [6.07, 6.45) is 1.06. The number of Topliss-reactive ketones (excluding diaryl/α,β-unsaturated/α-hetero) is 1. The zero-order valence-electron chi connectivity index (χ0n) is 12.1. The summed E-state index contributed by atoms with van der Waals surface area (Å²) in [6, 6.07) is 10.2. The molecular formula is C17H13Cl2NO3. The fourth-order valence-corrected chi connectivity index (χ4v) is 2.73. The Hall–Kier alpha value is -2.04. The lowest BCUT2D eigenvalue weighted by Gasteiger charge is -2.17. The molecule has 1 N–H and O–H groups in total. The van der Waals surface area contributed by atoms with Gasteiger partial charge in [-0.2, -0.15) is 0 Å². The van der Waals surface area contributed by atoms with Gasteiger partial charge in [0.25, 0.3) is 0 Å². The van der Waals surface area contributed by atoms with Crippen molar-refractivity contribution < 1.29 is 14.3 Å². The number of halogens is 2. The highest BCUT2D eigenvalue weighted by Gasteiger charge is 2.17. The van der Waals surface area contributed by atoms with E-state index in [2.05, 4.69) is 5.32 Å². The summed E-state index contributed by atoms with van der Waals surface area (Å²) in [5.41, 5.74) is 2.26. The van der Waals surface area contributed by atoms with E-state index in [0.29, 0.717) is 29.2 Å². The van der Waals surface area contributed by atoms with E-state index >= 15 is 0 Å². The van der Waals surface area contributed by atoms with Crippen molar-refractivity contribution in [2.45, 2.75) is 12.8 Å². The normalized spacial score (nSPS) is 13.2. The standard InChI is InChI=1S/C17H13Cl2NO3/c18-12-2-1-3-15(17(12)19)23-9-14(21)11-4-6-13-10(8-11)5-7-16(22)20-13/h1-4,6,8H,5,7,9H2,(H,20,22). The van der Waals surface area contributed by atoms with Crippen LogP contribution in [0.5, 0.6) is 5.75 Å². The largest absolute Gasteiger partial charge is 0.484 e. The Balaban J connectivity index is 1.71. The van der Waals surface area contributed by atoms with E-state index in [0.717, 1.165) is 11.3 Å². The molecule has 0 bridgehead atoms. The lowest BCUT2D eigenvalue weighted by Crippen LogP contribution is -2.20. The predicted octanol–water partition coefficient (Wildman–Crippen LogP) is 4.14. The van der Waals surface area contributed by atoms with Gasteiger partial charge < -0.3 is 10.1 Å². The average Bonchev–Trinajstić information content (AvgIpc) is 2.55. The summed E-state index contributed by atoms with van der Waals surface area (Å²) in [5.74, 6) is 0.203. The van der Waals surface area contributed by atoms with Crippen LogP contribution < -0.4 is 10.1 Å². The number of benzene rings is 2. The maximum absolute atomic E-state index is 12.3. The van der Waals surface area contributed by atoms with Crippen molar-refractivity contribution in [2.75, 3.05) is 11.9 Å². The van der Waals surface area contributed by atoms with Crippen molar-refractivity contribution in [1.82, 2.24) is 0 Å². The molecule has 6 heteroatoms. The number of carbonyl (C=O) groups excluding carboxylic acids is 2. The number of hydrogen-bond acceptors (Lipinski definition) is 3. The van der Waals surface area contributed by atoms with Crippen LogP contribution >= 0.6 is 23.2 Å². The van der Waals surface area contributed by atoms with Crippen molar-refractivity contribution in [3.63, 3.8) is 0 Å². The van der Waals surface area contributed by atoms with Gasteiger partial charge in [-0.15, -0.1) is 0 Å². The molecule has 0 aromatic heterocycles. The summed E-state index contributed by atoms with van der Waals surface area (Å²) in [5, 5.41) is 3.45. The van der Waals surface area contributed by atoms with E-state index in [9.17, 15) is 9.59 Å². The highest BCUT2D eigenvalue weighted by molar-refractivity contribution is 6.42. The number of fused-ring (bicyclic) bond motifs is 1. The monoisotopic (exact) mass is 349 g/mol. The molecule has 0 unspecified atom stereocenters. The van der Waals surface area contributed by atoms with Gasteiger partial charge in [-0.1, -0.05) is 29.3 Å². The molecule has 0 aliphatic carbocycles. The Morgan fingerprint density at radius 1 is 1.17 bits per heavy atom. The number of ether oxygens (including phenoxy) is 1. The SMILES string of the molecule is O=C1CCc2cc(C(=O)COc3cccc(Cl)c3Cl)ccc2N1. The lowest BCUT2D eigenvalue weighted by molar-refractivity contribution is -0.116. The van der Waals surface area contributed by atoms with Gasteiger partial charge in [0.2, 0.25) is 5.91 Å². The number of ketones is 1. The maximum atomic E-state index is 12.3. The summed E-state index contributed by atoms with van der Waals surface area (Å²) < 4.78 is 5.46. The predicted molar refractivity (Wildman–Crippen MR) is 89.7 cm³/mol. The summed E-state index contributed by atoms with van der Waals surface area (Å²) in [7, 11) is 0. The maximum Gasteiger partial charge on any atom is 0.224 e. The minimum absolute atomic E-state index is 0.00416. The van der Waals surface area contributed by atoms with E-state index in [4.69, 9.17) is 27.9 Å². The number of nitrogens with one attached hydrogen (secondary N) is 1. The molecule has 2 aromatic carbocycles. The van der Waals surface area contributed by atoms with Gasteiger partial charge in [0.05, 0.1) is 5.02 Å². The van der Waals surface area contributed by atoms with Gasteiger partial charge in [0.1, 0.15) is 10.8 Å². The van der Waals surface area contributed by atoms with Crippen molar-refractivity contribution in [2.24, 2.45) is 0 Å². The Morgan fingerprint density at radius 2 is 2.00 bits per heavy atom. The first kappa shape index (κ1) is 15.8. The molecular weight excluding hydrogens is 337 g/mol. The van der Waals surface area contributed by atoms with Crippen LogP contribution in [0.1, 0.15) is 22.3 Å². The van der Waals surface area contributed by atoms with E-state index in [-0.39, 0.29) is 23.3 Å². The third kappa shape index (κ3) is 3.49. The van der Waals surface area contributed by atoms with Crippen LogP contribution in [0.15, 0.2) is 36.4 Å². The number of rotatable bonds is 4. The third-order valence-corrected chi connectivity index (χ3v) is 4.40. The number of aryl methyl sites for hydroxylation is 1. The van der Waals surface area contributed by atoms with E-state index in [1.54, 1.807) is 36.4 Å². The van der Waals surface area contributed by atoms with Crippen LogP contribution in [0.3, 0.4) is 0 Å². The number of anilines is 1. The average molecular weight is 350 g/mol. The molecule has 23 heavy (non-hydrogen) atoms. The smallest absolute Gasteiger partial charge is 0.224 e. The van der Waals surface area contributed by atoms with Gasteiger partial charge in [-0.3, -0.25) is 9.59 Å². The fraction of sp³-hybridized carbons (Fsp3) is 0.176. The quantitative estimate of drug-likeness (QED) is 0.844. The molecule has 1 aliphatic heterocycles. The second-order valence-electron chi connectivity index (χ2n) is 5.18. The van der Waals surface area contributed by atoms with Crippen LogP contribution in [-0.4, -0.2) is 18.3 Å². The van der Waals surface area contributed by atoms with E-state index in [1.165, 1.54) is 0 Å². The molecule has 118 valence electrons. The molecule has 1 amide bonds. The van der Waals surface area contributed by atoms with Crippen LogP contribution in [0.2, 0.25) is 10.0 Å². The molecule has 3 rings (SSSR count). The molecule has 0 saturated carbocycles. The zero-order chi connectivity index (χ0) is 16.4. The number of amides is 1. The minimum atomic E-state index is -0.166. The third-order valence-electron chi connectivity index (χ3n) is 3.60. The molecule has 0 spiro atoms. The lowest BCUT2D eigenvalue weighted by atomic mass is 9.99. The summed E-state index contributed by atoms with van der Waals surface area (Å²) in [6.45, 7) is -0.134. The van der Waals surface area contributed by atoms with Gasteiger partial charge in [-0.05, 0) is 42.3 Å². The van der Waals surface area contributed by atoms with Crippen molar-refractivity contribution >= 4 is 40.6 Å². The Bertz CT molecular complexity index is 789. The number of hydrogen-bond donors (Lipinski definition) is 1. The first-order chi connectivity index (χ1) is 11.0. The van der Waals surface area contributed by atoms with Crippen molar-refractivity contribution in [1.29, 1.82) is 0 Å². The number of carbonyl (C=O) groups is 2. The van der Waals surface area contributed by atoms with Gasteiger partial charge >= 0.3 is 0 Å². The highest BCUT2D eigenvalue weighted by atomic mass is 35.5. The molecule has 0 saturated heterocycles. The summed E-state index contributed by atoms with van der Waals surface area (Å²) >= 11 is 11.9. The summed E-state index contributed by atoms with van der Waals surface area (Å²) in [4.78, 5) is 23.6. The van der Waals surface area contributed by atoms with Gasteiger partial charge in [0, 0.05) is 17.7 Å². The van der Waals surface area contributed by atoms with E-state index < -0.39 is 0 Å². The van der Waals surface area contributed by atoms with Gasteiger partial charge in [-0.25, -0.2) is 0 Å². The first-order valence-corrected chi connectivity index (χ1v) is 7.83. The zero-order valence-corrected chi connectivity index (χ0v) is 13.6. The minimum Gasteiger partial charge on any atom is -0.484 e. The van der Waals surface area contributed by atoms with Crippen LogP contribution in [0, 0.1) is 0 Å².